The third-order valence-corrected chi connectivity index (χ3v) is 9.31. The average molecular weight is 610 g/mol. The van der Waals surface area contributed by atoms with Gasteiger partial charge in [0.1, 0.15) is 0 Å². The Kier molecular flexibility index (Phi) is 6.52. The Labute approximate surface area is 278 Å². The SMILES string of the molecule is N#Cc1ccc(-c2cc(-c3ccc(-c4c5ccccc5cc5c4ccc4ccccc45)c4ccccc34)nc(-c3ccccc3)n2)cc1. The molecule has 0 aliphatic carbocycles. The fourth-order valence-corrected chi connectivity index (χ4v) is 7.02. The fourth-order valence-electron chi connectivity index (χ4n) is 7.02. The average Bonchev–Trinajstić information content (AvgIpc) is 3.17. The second-order valence-electron chi connectivity index (χ2n) is 12.1. The molecule has 222 valence electrons. The second kappa shape index (κ2) is 11.3. The van der Waals surface area contributed by atoms with Gasteiger partial charge in [-0.25, -0.2) is 9.97 Å². The molecule has 48 heavy (non-hydrogen) atoms. The molecule has 1 heterocycles. The molecule has 3 heteroatoms. The topological polar surface area (TPSA) is 49.6 Å². The maximum atomic E-state index is 9.38. The van der Waals surface area contributed by atoms with Crippen LogP contribution >= 0.6 is 0 Å². The van der Waals surface area contributed by atoms with Crippen molar-refractivity contribution in [1.29, 1.82) is 5.26 Å². The van der Waals surface area contributed by atoms with Gasteiger partial charge in [-0.15, -0.1) is 0 Å². The summed E-state index contributed by atoms with van der Waals surface area (Å²) < 4.78 is 0. The first-order chi connectivity index (χ1) is 23.7. The number of aromatic nitrogens is 2. The lowest BCUT2D eigenvalue weighted by Crippen LogP contribution is -1.97. The van der Waals surface area contributed by atoms with Gasteiger partial charge in [0.25, 0.3) is 0 Å². The third-order valence-electron chi connectivity index (χ3n) is 9.31. The van der Waals surface area contributed by atoms with Gasteiger partial charge in [-0.2, -0.15) is 5.26 Å². The van der Waals surface area contributed by atoms with Crippen LogP contribution in [0.5, 0.6) is 0 Å². The predicted molar refractivity (Wildman–Crippen MR) is 199 cm³/mol. The zero-order valence-electron chi connectivity index (χ0n) is 25.9. The van der Waals surface area contributed by atoms with Gasteiger partial charge in [-0.1, -0.05) is 140 Å². The molecule has 9 aromatic rings. The molecule has 3 nitrogen and oxygen atoms in total. The monoisotopic (exact) mass is 609 g/mol. The summed E-state index contributed by atoms with van der Waals surface area (Å²) in [4.78, 5) is 10.2. The Bertz CT molecular complexity index is 2720. The zero-order valence-corrected chi connectivity index (χ0v) is 25.9. The van der Waals surface area contributed by atoms with Gasteiger partial charge >= 0.3 is 0 Å². The molecule has 0 atom stereocenters. The van der Waals surface area contributed by atoms with Gasteiger partial charge in [0.05, 0.1) is 23.0 Å². The van der Waals surface area contributed by atoms with Crippen LogP contribution in [-0.2, 0) is 0 Å². The highest BCUT2D eigenvalue weighted by atomic mass is 14.9. The van der Waals surface area contributed by atoms with E-state index >= 15 is 0 Å². The molecule has 0 bridgehead atoms. The Morgan fingerprint density at radius 1 is 0.396 bits per heavy atom. The van der Waals surface area contributed by atoms with E-state index < -0.39 is 0 Å². The lowest BCUT2D eigenvalue weighted by atomic mass is 9.86. The van der Waals surface area contributed by atoms with Crippen LogP contribution < -0.4 is 0 Å². The summed E-state index contributed by atoms with van der Waals surface area (Å²) in [5.74, 6) is 0.660. The van der Waals surface area contributed by atoms with Gasteiger partial charge in [0.15, 0.2) is 5.82 Å². The van der Waals surface area contributed by atoms with Crippen molar-refractivity contribution < 1.29 is 0 Å². The Morgan fingerprint density at radius 2 is 1.02 bits per heavy atom. The third kappa shape index (κ3) is 4.59. The molecule has 0 aliphatic rings. The van der Waals surface area contributed by atoms with E-state index in [9.17, 15) is 5.26 Å². The van der Waals surface area contributed by atoms with Gasteiger partial charge in [-0.3, -0.25) is 0 Å². The van der Waals surface area contributed by atoms with Crippen LogP contribution in [0.3, 0.4) is 0 Å². The molecular formula is C45H27N3. The first kappa shape index (κ1) is 27.7. The number of hydrogen-bond acceptors (Lipinski definition) is 3. The highest BCUT2D eigenvalue weighted by Crippen LogP contribution is 2.43. The van der Waals surface area contributed by atoms with Crippen LogP contribution in [0.1, 0.15) is 5.56 Å². The molecule has 0 fully saturated rings. The van der Waals surface area contributed by atoms with E-state index in [1.165, 1.54) is 48.8 Å². The Balaban J connectivity index is 1.31. The van der Waals surface area contributed by atoms with E-state index in [2.05, 4.69) is 115 Å². The Morgan fingerprint density at radius 3 is 1.79 bits per heavy atom. The van der Waals surface area contributed by atoms with Gasteiger partial charge in [-0.05, 0) is 78.5 Å². The van der Waals surface area contributed by atoms with Crippen LogP contribution in [0.2, 0.25) is 0 Å². The smallest absolute Gasteiger partial charge is 0.160 e. The minimum absolute atomic E-state index is 0.617. The minimum atomic E-state index is 0.617. The highest BCUT2D eigenvalue weighted by molar-refractivity contribution is 6.22. The molecule has 1 aromatic heterocycles. The molecule has 0 amide bonds. The summed E-state index contributed by atoms with van der Waals surface area (Å²) in [5, 5.41) is 19.1. The van der Waals surface area contributed by atoms with Crippen LogP contribution in [0.15, 0.2) is 164 Å². The van der Waals surface area contributed by atoms with Crippen LogP contribution in [0.4, 0.5) is 0 Å². The molecule has 0 saturated heterocycles. The molecule has 0 aliphatic heterocycles. The standard InChI is InChI=1S/C45H27N3/c46-28-29-18-20-31(21-19-29)42-27-43(48-45(47-42)32-11-2-1-3-12-32)38-24-25-39(37-17-9-8-16-36(37)38)44-35-15-7-5-13-33(35)26-41-34-14-6-4-10-30(34)22-23-40(41)44/h1-27H. The van der Waals surface area contributed by atoms with E-state index in [-0.39, 0.29) is 0 Å². The molecule has 8 aromatic carbocycles. The quantitative estimate of drug-likeness (QED) is 0.147. The van der Waals surface area contributed by atoms with Crippen molar-refractivity contribution in [2.75, 3.05) is 0 Å². The fraction of sp³-hybridized carbons (Fsp3) is 0. The van der Waals surface area contributed by atoms with Crippen molar-refractivity contribution in [3.8, 4) is 51.1 Å². The number of fused-ring (bicyclic) bond motifs is 5. The van der Waals surface area contributed by atoms with Crippen LogP contribution in [0.25, 0.3) is 88.1 Å². The maximum Gasteiger partial charge on any atom is 0.160 e. The molecule has 0 unspecified atom stereocenters. The number of benzene rings is 8. The number of hydrogen-bond donors (Lipinski definition) is 0. The van der Waals surface area contributed by atoms with Crippen molar-refractivity contribution in [3.05, 3.63) is 169 Å². The largest absolute Gasteiger partial charge is 0.228 e. The second-order valence-corrected chi connectivity index (χ2v) is 12.1. The minimum Gasteiger partial charge on any atom is -0.228 e. The Hall–Kier alpha value is -6.63. The zero-order chi connectivity index (χ0) is 32.0. The van der Waals surface area contributed by atoms with Crippen molar-refractivity contribution in [2.45, 2.75) is 0 Å². The normalized spacial score (nSPS) is 11.3. The molecular weight excluding hydrogens is 583 g/mol. The van der Waals surface area contributed by atoms with Crippen molar-refractivity contribution >= 4 is 43.1 Å². The molecule has 0 radical (unpaired) electrons. The molecule has 9 rings (SSSR count). The molecule has 0 saturated carbocycles. The van der Waals surface area contributed by atoms with E-state index in [1.54, 1.807) is 0 Å². The first-order valence-corrected chi connectivity index (χ1v) is 16.1. The summed E-state index contributed by atoms with van der Waals surface area (Å²) in [6, 6.07) is 59.3. The van der Waals surface area contributed by atoms with Crippen molar-refractivity contribution in [2.24, 2.45) is 0 Å². The van der Waals surface area contributed by atoms with Crippen molar-refractivity contribution in [3.63, 3.8) is 0 Å². The highest BCUT2D eigenvalue weighted by Gasteiger charge is 2.18. The van der Waals surface area contributed by atoms with Crippen molar-refractivity contribution in [1.82, 2.24) is 9.97 Å². The number of nitrogens with zero attached hydrogens (tertiary/aromatic N) is 3. The lowest BCUT2D eigenvalue weighted by Gasteiger charge is -2.17. The van der Waals surface area contributed by atoms with E-state index in [4.69, 9.17) is 9.97 Å². The lowest BCUT2D eigenvalue weighted by molar-refractivity contribution is 1.18. The summed E-state index contributed by atoms with van der Waals surface area (Å²) >= 11 is 0. The van der Waals surface area contributed by atoms with E-state index in [0.29, 0.717) is 11.4 Å². The summed E-state index contributed by atoms with van der Waals surface area (Å²) in [7, 11) is 0. The number of rotatable bonds is 4. The summed E-state index contributed by atoms with van der Waals surface area (Å²) in [6.45, 7) is 0. The van der Waals surface area contributed by atoms with Gasteiger partial charge in [0.2, 0.25) is 0 Å². The first-order valence-electron chi connectivity index (χ1n) is 16.1. The molecule has 0 spiro atoms. The maximum absolute atomic E-state index is 9.38. The summed E-state index contributed by atoms with van der Waals surface area (Å²) in [6.07, 6.45) is 0. The van der Waals surface area contributed by atoms with E-state index in [1.807, 2.05) is 54.6 Å². The predicted octanol–water partition coefficient (Wildman–Crippen LogP) is 11.6. The summed E-state index contributed by atoms with van der Waals surface area (Å²) in [5.41, 5.74) is 7.63. The van der Waals surface area contributed by atoms with Crippen LogP contribution in [0, 0.1) is 11.3 Å². The van der Waals surface area contributed by atoms with Crippen LogP contribution in [-0.4, -0.2) is 9.97 Å². The van der Waals surface area contributed by atoms with Gasteiger partial charge in [0, 0.05) is 16.7 Å². The number of nitriles is 1. The van der Waals surface area contributed by atoms with E-state index in [0.717, 1.165) is 33.5 Å². The van der Waals surface area contributed by atoms with Gasteiger partial charge < -0.3 is 0 Å². The molecule has 0 N–H and O–H groups in total.